The van der Waals surface area contributed by atoms with E-state index < -0.39 is 0 Å². The second-order valence-electron chi connectivity index (χ2n) is 4.46. The molecule has 1 fully saturated rings. The summed E-state index contributed by atoms with van der Waals surface area (Å²) in [4.78, 5) is 3.53. The standard InChI is InChI=1S/C11H21NS/c1-4-12-6-5-10(7-9(2)3)8-11(12)13/h9-10H,4-8H2,1-3H3. The predicted octanol–water partition coefficient (Wildman–Crippen LogP) is 3.09. The smallest absolute Gasteiger partial charge is 0.0781 e. The van der Waals surface area contributed by atoms with Gasteiger partial charge in [0.05, 0.1) is 4.99 Å². The van der Waals surface area contributed by atoms with E-state index in [4.69, 9.17) is 12.2 Å². The van der Waals surface area contributed by atoms with Gasteiger partial charge in [-0.1, -0.05) is 26.1 Å². The topological polar surface area (TPSA) is 3.24 Å². The third-order valence-corrected chi connectivity index (χ3v) is 3.23. The number of rotatable bonds is 3. The van der Waals surface area contributed by atoms with Gasteiger partial charge in [0.15, 0.2) is 0 Å². The summed E-state index contributed by atoms with van der Waals surface area (Å²) in [5, 5.41) is 0. The Labute approximate surface area is 87.5 Å². The van der Waals surface area contributed by atoms with Gasteiger partial charge in [-0.2, -0.15) is 0 Å². The Hall–Kier alpha value is -0.110. The van der Waals surface area contributed by atoms with Crippen LogP contribution in [0.2, 0.25) is 0 Å². The van der Waals surface area contributed by atoms with Crippen molar-refractivity contribution in [1.29, 1.82) is 0 Å². The Kier molecular flexibility index (Phi) is 4.17. The van der Waals surface area contributed by atoms with Crippen LogP contribution >= 0.6 is 12.2 Å². The quantitative estimate of drug-likeness (QED) is 0.643. The van der Waals surface area contributed by atoms with Gasteiger partial charge >= 0.3 is 0 Å². The van der Waals surface area contributed by atoms with E-state index in [-0.39, 0.29) is 0 Å². The van der Waals surface area contributed by atoms with Gasteiger partial charge in [-0.05, 0) is 31.6 Å². The van der Waals surface area contributed by atoms with Crippen molar-refractivity contribution in [1.82, 2.24) is 4.90 Å². The van der Waals surface area contributed by atoms with Gasteiger partial charge in [0.1, 0.15) is 0 Å². The highest BCUT2D eigenvalue weighted by Gasteiger charge is 2.22. The molecule has 1 heterocycles. The average Bonchev–Trinajstić information content (AvgIpc) is 2.03. The minimum atomic E-state index is 0.820. The molecule has 0 saturated carbocycles. The number of nitrogens with zero attached hydrogens (tertiary/aromatic N) is 1. The SMILES string of the molecule is CCN1CCC(CC(C)C)CC1=S. The maximum atomic E-state index is 5.38. The third kappa shape index (κ3) is 3.26. The molecule has 0 bridgehead atoms. The van der Waals surface area contributed by atoms with Crippen LogP contribution in [-0.4, -0.2) is 23.0 Å². The Balaban J connectivity index is 2.37. The fourth-order valence-electron chi connectivity index (χ4n) is 2.14. The first kappa shape index (κ1) is 11.0. The summed E-state index contributed by atoms with van der Waals surface area (Å²) in [5.41, 5.74) is 0. The Morgan fingerprint density at radius 2 is 2.23 bits per heavy atom. The van der Waals surface area contributed by atoms with Crippen LogP contribution in [-0.2, 0) is 0 Å². The highest BCUT2D eigenvalue weighted by Crippen LogP contribution is 2.25. The number of hydrogen-bond donors (Lipinski definition) is 0. The largest absolute Gasteiger partial charge is 0.366 e. The zero-order valence-electron chi connectivity index (χ0n) is 9.05. The maximum absolute atomic E-state index is 5.38. The van der Waals surface area contributed by atoms with Gasteiger partial charge in [0.2, 0.25) is 0 Å². The van der Waals surface area contributed by atoms with Crippen LogP contribution in [0.5, 0.6) is 0 Å². The highest BCUT2D eigenvalue weighted by molar-refractivity contribution is 7.80. The number of hydrogen-bond acceptors (Lipinski definition) is 1. The molecule has 0 aromatic rings. The van der Waals surface area contributed by atoms with Crippen LogP contribution in [0.1, 0.15) is 40.0 Å². The predicted molar refractivity (Wildman–Crippen MR) is 62.0 cm³/mol. The molecule has 1 atom stereocenters. The van der Waals surface area contributed by atoms with Crippen LogP contribution in [0.4, 0.5) is 0 Å². The third-order valence-electron chi connectivity index (χ3n) is 2.81. The van der Waals surface area contributed by atoms with E-state index in [1.807, 2.05) is 0 Å². The van der Waals surface area contributed by atoms with Crippen LogP contribution in [0.25, 0.3) is 0 Å². The van der Waals surface area contributed by atoms with Crippen molar-refractivity contribution in [2.75, 3.05) is 13.1 Å². The highest BCUT2D eigenvalue weighted by atomic mass is 32.1. The summed E-state index contributed by atoms with van der Waals surface area (Å²) in [7, 11) is 0. The molecule has 0 aromatic heterocycles. The van der Waals surface area contributed by atoms with E-state index in [9.17, 15) is 0 Å². The van der Waals surface area contributed by atoms with Crippen molar-refractivity contribution < 1.29 is 0 Å². The lowest BCUT2D eigenvalue weighted by Crippen LogP contribution is -2.37. The molecule has 0 amide bonds. The minimum Gasteiger partial charge on any atom is -0.366 e. The van der Waals surface area contributed by atoms with Crippen molar-refractivity contribution in [3.63, 3.8) is 0 Å². The lowest BCUT2D eigenvalue weighted by atomic mass is 9.88. The molecule has 0 radical (unpaired) electrons. The molecule has 0 aliphatic carbocycles. The number of thiocarbonyl (C=S) groups is 1. The summed E-state index contributed by atoms with van der Waals surface area (Å²) < 4.78 is 0. The normalized spacial score (nSPS) is 24.2. The van der Waals surface area contributed by atoms with Gasteiger partial charge in [-0.15, -0.1) is 0 Å². The second kappa shape index (κ2) is 4.94. The summed E-state index contributed by atoms with van der Waals surface area (Å²) in [6.45, 7) is 9.07. The summed E-state index contributed by atoms with van der Waals surface area (Å²) in [6, 6.07) is 0. The van der Waals surface area contributed by atoms with Crippen molar-refractivity contribution in [3.05, 3.63) is 0 Å². The molecular weight excluding hydrogens is 178 g/mol. The van der Waals surface area contributed by atoms with Gasteiger partial charge in [0, 0.05) is 19.5 Å². The molecule has 1 aliphatic rings. The monoisotopic (exact) mass is 199 g/mol. The number of likely N-dealkylation sites (tertiary alicyclic amines) is 1. The molecule has 2 heteroatoms. The van der Waals surface area contributed by atoms with Crippen molar-refractivity contribution in [2.24, 2.45) is 11.8 Å². The minimum absolute atomic E-state index is 0.820. The molecule has 0 spiro atoms. The molecule has 1 nitrogen and oxygen atoms in total. The first-order valence-electron chi connectivity index (χ1n) is 5.41. The molecule has 0 N–H and O–H groups in total. The van der Waals surface area contributed by atoms with Gasteiger partial charge < -0.3 is 4.90 Å². The van der Waals surface area contributed by atoms with Crippen LogP contribution in [0, 0.1) is 11.8 Å². The number of piperidine rings is 1. The Bertz CT molecular complexity index is 177. The maximum Gasteiger partial charge on any atom is 0.0781 e. The van der Waals surface area contributed by atoms with E-state index in [2.05, 4.69) is 25.7 Å². The van der Waals surface area contributed by atoms with E-state index in [0.29, 0.717) is 0 Å². The summed E-state index contributed by atoms with van der Waals surface area (Å²) in [5.74, 6) is 1.68. The molecule has 1 saturated heterocycles. The zero-order chi connectivity index (χ0) is 9.84. The second-order valence-corrected chi connectivity index (χ2v) is 4.93. The molecule has 1 rings (SSSR count). The van der Waals surface area contributed by atoms with Crippen LogP contribution in [0.3, 0.4) is 0 Å². The van der Waals surface area contributed by atoms with E-state index in [1.54, 1.807) is 0 Å². The molecule has 13 heavy (non-hydrogen) atoms. The molecular formula is C11H21NS. The molecule has 1 aliphatic heterocycles. The summed E-state index contributed by atoms with van der Waals surface area (Å²) in [6.07, 6.45) is 3.84. The van der Waals surface area contributed by atoms with Crippen molar-refractivity contribution in [2.45, 2.75) is 40.0 Å². The Morgan fingerprint density at radius 3 is 2.69 bits per heavy atom. The van der Waals surface area contributed by atoms with E-state index in [0.717, 1.165) is 24.8 Å². The fourth-order valence-corrected chi connectivity index (χ4v) is 2.60. The zero-order valence-corrected chi connectivity index (χ0v) is 9.86. The van der Waals surface area contributed by atoms with Crippen molar-refractivity contribution in [3.8, 4) is 0 Å². The first-order chi connectivity index (χ1) is 6.13. The van der Waals surface area contributed by atoms with Crippen LogP contribution in [0.15, 0.2) is 0 Å². The summed E-state index contributed by atoms with van der Waals surface area (Å²) >= 11 is 5.38. The van der Waals surface area contributed by atoms with E-state index >= 15 is 0 Å². The lowest BCUT2D eigenvalue weighted by Gasteiger charge is -2.34. The van der Waals surface area contributed by atoms with Gasteiger partial charge in [-0.3, -0.25) is 0 Å². The lowest BCUT2D eigenvalue weighted by molar-refractivity contribution is 0.297. The molecule has 76 valence electrons. The van der Waals surface area contributed by atoms with Gasteiger partial charge in [-0.25, -0.2) is 0 Å². The molecule has 0 aromatic carbocycles. The first-order valence-corrected chi connectivity index (χ1v) is 5.82. The van der Waals surface area contributed by atoms with Crippen LogP contribution < -0.4 is 0 Å². The average molecular weight is 199 g/mol. The Morgan fingerprint density at radius 1 is 1.54 bits per heavy atom. The van der Waals surface area contributed by atoms with E-state index in [1.165, 1.54) is 24.4 Å². The van der Waals surface area contributed by atoms with Crippen molar-refractivity contribution >= 4 is 17.2 Å². The van der Waals surface area contributed by atoms with Gasteiger partial charge in [0.25, 0.3) is 0 Å². The fraction of sp³-hybridized carbons (Fsp3) is 0.909. The molecule has 1 unspecified atom stereocenters.